The van der Waals surface area contributed by atoms with Gasteiger partial charge in [-0.3, -0.25) is 9.18 Å². The van der Waals surface area contributed by atoms with Crippen molar-refractivity contribution < 1.29 is 19.1 Å². The number of carbonyl (C=O) groups excluding carboxylic acids is 1. The van der Waals surface area contributed by atoms with Crippen LogP contribution in [0.4, 0.5) is 4.39 Å². The highest BCUT2D eigenvalue weighted by Gasteiger charge is 2.23. The van der Waals surface area contributed by atoms with E-state index in [4.69, 9.17) is 5.11 Å². The Hall–Kier alpha value is -2.69. The Labute approximate surface area is 145 Å². The minimum absolute atomic E-state index is 0.121. The lowest BCUT2D eigenvalue weighted by Crippen LogP contribution is -2.31. The number of carbonyl (C=O) groups is 2. The van der Waals surface area contributed by atoms with Crippen molar-refractivity contribution in [3.05, 3.63) is 70.3 Å². The second kappa shape index (κ2) is 7.47. The Bertz CT molecular complexity index is 786. The monoisotopic (exact) mass is 341 g/mol. The van der Waals surface area contributed by atoms with E-state index >= 15 is 0 Å². The van der Waals surface area contributed by atoms with E-state index in [1.165, 1.54) is 0 Å². The van der Waals surface area contributed by atoms with Gasteiger partial charge in [-0.1, -0.05) is 18.2 Å². The number of hydrogen-bond donors (Lipinski definition) is 2. The number of aryl methyl sites for hydroxylation is 2. The van der Waals surface area contributed by atoms with E-state index in [1.807, 2.05) is 0 Å². The van der Waals surface area contributed by atoms with Crippen molar-refractivity contribution in [1.82, 2.24) is 5.32 Å². The van der Waals surface area contributed by atoms with Gasteiger partial charge >= 0.3 is 5.97 Å². The Morgan fingerprint density at radius 1 is 1.12 bits per heavy atom. The van der Waals surface area contributed by atoms with Crippen molar-refractivity contribution in [3.8, 4) is 0 Å². The standard InChI is InChI=1S/C20H20FNO3/c21-11-10-13-4-6-14(7-5-13)19(23)22-18-3-1-2-15-12-16(20(24)25)8-9-17(15)18/h4-9,12,18H,1-3,10-11H2,(H,22,23)(H,24,25). The third-order valence-corrected chi connectivity index (χ3v) is 4.61. The summed E-state index contributed by atoms with van der Waals surface area (Å²) in [5.41, 5.74) is 3.64. The van der Waals surface area contributed by atoms with Crippen molar-refractivity contribution in [2.24, 2.45) is 0 Å². The average Bonchev–Trinajstić information content (AvgIpc) is 2.62. The highest BCUT2D eigenvalue weighted by atomic mass is 19.1. The van der Waals surface area contributed by atoms with Crippen LogP contribution in [0, 0.1) is 0 Å². The second-order valence-electron chi connectivity index (χ2n) is 6.27. The molecule has 3 rings (SSSR count). The first-order valence-corrected chi connectivity index (χ1v) is 8.40. The first kappa shape index (κ1) is 17.1. The maximum atomic E-state index is 12.5. The molecule has 130 valence electrons. The van der Waals surface area contributed by atoms with Crippen LogP contribution in [0.25, 0.3) is 0 Å². The fourth-order valence-corrected chi connectivity index (χ4v) is 3.27. The Morgan fingerprint density at radius 2 is 1.84 bits per heavy atom. The number of fused-ring (bicyclic) bond motifs is 1. The van der Waals surface area contributed by atoms with E-state index in [2.05, 4.69) is 5.32 Å². The predicted octanol–water partition coefficient (Wildman–Crippen LogP) is 3.70. The summed E-state index contributed by atoms with van der Waals surface area (Å²) < 4.78 is 12.4. The number of carboxylic acid groups (broad SMARTS) is 1. The van der Waals surface area contributed by atoms with Gasteiger partial charge in [0.1, 0.15) is 0 Å². The van der Waals surface area contributed by atoms with Gasteiger partial charge in [0.25, 0.3) is 5.91 Å². The van der Waals surface area contributed by atoms with Crippen LogP contribution in [-0.2, 0) is 12.8 Å². The molecule has 1 amide bonds. The van der Waals surface area contributed by atoms with Crippen LogP contribution >= 0.6 is 0 Å². The second-order valence-corrected chi connectivity index (χ2v) is 6.27. The lowest BCUT2D eigenvalue weighted by atomic mass is 9.86. The Kier molecular flexibility index (Phi) is 5.12. The van der Waals surface area contributed by atoms with Gasteiger partial charge in [-0.2, -0.15) is 0 Å². The quantitative estimate of drug-likeness (QED) is 0.871. The molecule has 0 radical (unpaired) electrons. The number of rotatable bonds is 5. The summed E-state index contributed by atoms with van der Waals surface area (Å²) in [4.78, 5) is 23.6. The number of amides is 1. The molecule has 0 aliphatic heterocycles. The summed E-state index contributed by atoms with van der Waals surface area (Å²) in [6.07, 6.45) is 2.89. The molecule has 25 heavy (non-hydrogen) atoms. The highest BCUT2D eigenvalue weighted by molar-refractivity contribution is 5.94. The molecule has 1 aliphatic rings. The third-order valence-electron chi connectivity index (χ3n) is 4.61. The first-order chi connectivity index (χ1) is 12.1. The number of benzene rings is 2. The van der Waals surface area contributed by atoms with Gasteiger partial charge in [0.05, 0.1) is 18.3 Å². The van der Waals surface area contributed by atoms with Crippen LogP contribution < -0.4 is 5.32 Å². The number of halogens is 1. The molecule has 1 atom stereocenters. The maximum Gasteiger partial charge on any atom is 0.335 e. The zero-order valence-electron chi connectivity index (χ0n) is 13.8. The van der Waals surface area contributed by atoms with Crippen LogP contribution in [0.3, 0.4) is 0 Å². The van der Waals surface area contributed by atoms with Crippen molar-refractivity contribution in [2.45, 2.75) is 31.7 Å². The minimum Gasteiger partial charge on any atom is -0.478 e. The van der Waals surface area contributed by atoms with Gasteiger partial charge < -0.3 is 10.4 Å². The van der Waals surface area contributed by atoms with Crippen LogP contribution in [-0.4, -0.2) is 23.7 Å². The number of alkyl halides is 1. The van der Waals surface area contributed by atoms with Crippen molar-refractivity contribution in [3.63, 3.8) is 0 Å². The molecule has 0 saturated carbocycles. The summed E-state index contributed by atoms with van der Waals surface area (Å²) >= 11 is 0. The molecule has 2 aromatic rings. The summed E-state index contributed by atoms with van der Waals surface area (Å²) in [6, 6.07) is 11.9. The Balaban J connectivity index is 1.75. The SMILES string of the molecule is O=C(O)c1ccc2c(c1)CCCC2NC(=O)c1ccc(CCF)cc1. The zero-order valence-corrected chi connectivity index (χ0v) is 13.8. The topological polar surface area (TPSA) is 66.4 Å². The van der Waals surface area contributed by atoms with Crippen LogP contribution in [0.2, 0.25) is 0 Å². The van der Waals surface area contributed by atoms with E-state index in [0.29, 0.717) is 12.0 Å². The third kappa shape index (κ3) is 3.87. The molecular formula is C20H20FNO3. The summed E-state index contributed by atoms with van der Waals surface area (Å²) in [5, 5.41) is 12.1. The lowest BCUT2D eigenvalue weighted by Gasteiger charge is -2.26. The fourth-order valence-electron chi connectivity index (χ4n) is 3.27. The number of aromatic carboxylic acids is 1. The smallest absolute Gasteiger partial charge is 0.335 e. The van der Waals surface area contributed by atoms with Crippen molar-refractivity contribution in [2.75, 3.05) is 6.67 Å². The number of carboxylic acids is 1. The molecule has 0 saturated heterocycles. The van der Waals surface area contributed by atoms with E-state index in [9.17, 15) is 14.0 Å². The average molecular weight is 341 g/mol. The molecule has 2 aromatic carbocycles. The van der Waals surface area contributed by atoms with Gasteiger partial charge in [0.15, 0.2) is 0 Å². The predicted molar refractivity (Wildman–Crippen MR) is 92.7 cm³/mol. The molecule has 1 aliphatic carbocycles. The molecule has 1 unspecified atom stereocenters. The van der Waals surface area contributed by atoms with E-state index in [1.54, 1.807) is 42.5 Å². The molecule has 0 heterocycles. The van der Waals surface area contributed by atoms with E-state index in [0.717, 1.165) is 36.0 Å². The Morgan fingerprint density at radius 3 is 2.52 bits per heavy atom. The fraction of sp³-hybridized carbons (Fsp3) is 0.300. The minimum atomic E-state index is -0.942. The van der Waals surface area contributed by atoms with Gasteiger partial charge in [0.2, 0.25) is 0 Å². The summed E-state index contributed by atoms with van der Waals surface area (Å²) in [5.74, 6) is -1.12. The maximum absolute atomic E-state index is 12.5. The number of hydrogen-bond acceptors (Lipinski definition) is 2. The molecule has 0 fully saturated rings. The molecule has 0 spiro atoms. The molecule has 2 N–H and O–H groups in total. The summed E-state index contributed by atoms with van der Waals surface area (Å²) in [6.45, 7) is -0.414. The lowest BCUT2D eigenvalue weighted by molar-refractivity contribution is 0.0696. The van der Waals surface area contributed by atoms with Gasteiger partial charge in [-0.25, -0.2) is 4.79 Å². The molecule has 0 bridgehead atoms. The van der Waals surface area contributed by atoms with Crippen molar-refractivity contribution in [1.29, 1.82) is 0 Å². The van der Waals surface area contributed by atoms with Gasteiger partial charge in [0, 0.05) is 12.0 Å². The van der Waals surface area contributed by atoms with Crippen LogP contribution in [0.1, 0.15) is 56.3 Å². The first-order valence-electron chi connectivity index (χ1n) is 8.40. The normalized spacial score (nSPS) is 16.1. The molecular weight excluding hydrogens is 321 g/mol. The van der Waals surface area contributed by atoms with Crippen LogP contribution in [0.5, 0.6) is 0 Å². The molecule has 4 nitrogen and oxygen atoms in total. The molecule has 0 aromatic heterocycles. The number of nitrogens with one attached hydrogen (secondary N) is 1. The van der Waals surface area contributed by atoms with E-state index < -0.39 is 12.6 Å². The largest absolute Gasteiger partial charge is 0.478 e. The summed E-state index contributed by atoms with van der Waals surface area (Å²) in [7, 11) is 0. The highest BCUT2D eigenvalue weighted by Crippen LogP contribution is 2.30. The van der Waals surface area contributed by atoms with Gasteiger partial charge in [-0.15, -0.1) is 0 Å². The van der Waals surface area contributed by atoms with Gasteiger partial charge in [-0.05, 0) is 60.2 Å². The molecule has 5 heteroatoms. The van der Waals surface area contributed by atoms with E-state index in [-0.39, 0.29) is 17.5 Å². The van der Waals surface area contributed by atoms with Crippen molar-refractivity contribution >= 4 is 11.9 Å². The van der Waals surface area contributed by atoms with Crippen LogP contribution in [0.15, 0.2) is 42.5 Å². The zero-order chi connectivity index (χ0) is 17.8.